The van der Waals surface area contributed by atoms with Gasteiger partial charge in [-0.25, -0.2) is 0 Å². The third-order valence-electron chi connectivity index (χ3n) is 1.70. The molecular weight excluding hydrogens is 232 g/mol. The number of hydrogen-bond acceptors (Lipinski definition) is 6. The van der Waals surface area contributed by atoms with Crippen LogP contribution >= 0.6 is 11.8 Å². The maximum Gasteiger partial charge on any atom is 0.313 e. The molecular formula is C7H8N6O2S. The van der Waals surface area contributed by atoms with E-state index in [0.717, 1.165) is 11.8 Å². The van der Waals surface area contributed by atoms with Crippen LogP contribution in [0, 0.1) is 0 Å². The van der Waals surface area contributed by atoms with Gasteiger partial charge in [0.25, 0.3) is 0 Å². The Bertz CT molecular complexity index is 506. The Morgan fingerprint density at radius 2 is 2.44 bits per heavy atom. The molecule has 84 valence electrons. The van der Waals surface area contributed by atoms with Crippen LogP contribution < -0.4 is 0 Å². The largest absolute Gasteiger partial charge is 0.481 e. The quantitative estimate of drug-likeness (QED) is 0.724. The number of carboxylic acid groups (broad SMARTS) is 1. The number of rotatable bonds is 4. The van der Waals surface area contributed by atoms with E-state index in [1.807, 2.05) is 0 Å². The zero-order valence-corrected chi connectivity index (χ0v) is 9.13. The van der Waals surface area contributed by atoms with E-state index < -0.39 is 5.97 Å². The van der Waals surface area contributed by atoms with Crippen molar-refractivity contribution < 1.29 is 9.90 Å². The van der Waals surface area contributed by atoms with Gasteiger partial charge in [-0.1, -0.05) is 11.8 Å². The highest BCUT2D eigenvalue weighted by Crippen LogP contribution is 2.16. The van der Waals surface area contributed by atoms with Crippen LogP contribution in [0.4, 0.5) is 0 Å². The van der Waals surface area contributed by atoms with E-state index in [0.29, 0.717) is 10.8 Å². The third-order valence-corrected chi connectivity index (χ3v) is 2.61. The Hall–Kier alpha value is -1.90. The summed E-state index contributed by atoms with van der Waals surface area (Å²) >= 11 is 1.06. The smallest absolute Gasteiger partial charge is 0.313 e. The topological polar surface area (TPSA) is 98.7 Å². The van der Waals surface area contributed by atoms with Gasteiger partial charge in [0, 0.05) is 7.05 Å². The molecule has 2 rings (SSSR count). The Labute approximate surface area is 94.3 Å². The second-order valence-electron chi connectivity index (χ2n) is 2.93. The van der Waals surface area contributed by atoms with Crippen LogP contribution in [-0.4, -0.2) is 46.8 Å². The number of carbonyl (C=O) groups is 1. The molecule has 2 aromatic heterocycles. The average molecular weight is 240 g/mol. The monoisotopic (exact) mass is 240 g/mol. The second kappa shape index (κ2) is 4.31. The van der Waals surface area contributed by atoms with Crippen molar-refractivity contribution in [3.8, 4) is 5.69 Å². The fourth-order valence-corrected chi connectivity index (χ4v) is 1.69. The molecule has 0 aromatic carbocycles. The standard InChI is InChI=1S/C7H8N6O2S/c1-12-3-5(2-8-12)13-7(9-10-11-13)16-4-6(14)15/h2-3H,4H2,1H3,(H,14,15). The maximum atomic E-state index is 10.4. The van der Waals surface area contributed by atoms with E-state index in [1.54, 1.807) is 24.1 Å². The predicted octanol–water partition coefficient (Wildman–Crippen LogP) is -0.428. The first-order valence-corrected chi connectivity index (χ1v) is 5.27. The van der Waals surface area contributed by atoms with E-state index in [1.165, 1.54) is 4.68 Å². The first-order valence-electron chi connectivity index (χ1n) is 4.29. The lowest BCUT2D eigenvalue weighted by Gasteiger charge is -1.98. The summed E-state index contributed by atoms with van der Waals surface area (Å²) in [6, 6.07) is 0. The van der Waals surface area contributed by atoms with E-state index in [-0.39, 0.29) is 5.75 Å². The number of tetrazole rings is 1. The van der Waals surface area contributed by atoms with Gasteiger partial charge in [0.1, 0.15) is 5.69 Å². The minimum absolute atomic E-state index is 0.0827. The van der Waals surface area contributed by atoms with Crippen LogP contribution in [0.15, 0.2) is 17.6 Å². The molecule has 16 heavy (non-hydrogen) atoms. The van der Waals surface area contributed by atoms with Gasteiger partial charge in [0.05, 0.1) is 18.1 Å². The summed E-state index contributed by atoms with van der Waals surface area (Å²) in [5.41, 5.74) is 0.695. The summed E-state index contributed by atoms with van der Waals surface area (Å²) in [6.07, 6.45) is 3.34. The molecule has 0 fully saturated rings. The van der Waals surface area contributed by atoms with Crippen LogP contribution in [0.2, 0.25) is 0 Å². The van der Waals surface area contributed by atoms with Gasteiger partial charge in [-0.3, -0.25) is 9.48 Å². The first-order chi connectivity index (χ1) is 7.66. The van der Waals surface area contributed by atoms with Gasteiger partial charge in [0.15, 0.2) is 0 Å². The van der Waals surface area contributed by atoms with Gasteiger partial charge >= 0.3 is 5.97 Å². The molecule has 0 aliphatic carbocycles. The van der Waals surface area contributed by atoms with Crippen LogP contribution in [-0.2, 0) is 11.8 Å². The number of aromatic nitrogens is 6. The first kappa shape index (κ1) is 10.6. The fourth-order valence-electron chi connectivity index (χ4n) is 1.07. The van der Waals surface area contributed by atoms with Crippen LogP contribution in [0.25, 0.3) is 5.69 Å². The van der Waals surface area contributed by atoms with Gasteiger partial charge in [-0.15, -0.1) is 5.10 Å². The molecule has 0 bridgehead atoms. The number of hydrogen-bond donors (Lipinski definition) is 1. The summed E-state index contributed by atoms with van der Waals surface area (Å²) in [5, 5.41) is 24.0. The van der Waals surface area contributed by atoms with Crippen molar-refractivity contribution in [2.24, 2.45) is 7.05 Å². The van der Waals surface area contributed by atoms with Crippen LogP contribution in [0.1, 0.15) is 0 Å². The molecule has 9 heteroatoms. The highest BCUT2D eigenvalue weighted by Gasteiger charge is 2.11. The molecule has 0 amide bonds. The summed E-state index contributed by atoms with van der Waals surface area (Å²) in [7, 11) is 1.78. The molecule has 0 spiro atoms. The van der Waals surface area contributed by atoms with Crippen molar-refractivity contribution >= 4 is 17.7 Å². The number of aryl methyl sites for hydroxylation is 1. The molecule has 0 saturated carbocycles. The molecule has 8 nitrogen and oxygen atoms in total. The Balaban J connectivity index is 2.22. The van der Waals surface area contributed by atoms with E-state index in [2.05, 4.69) is 20.6 Å². The molecule has 1 N–H and O–H groups in total. The van der Waals surface area contributed by atoms with Crippen LogP contribution in [0.3, 0.4) is 0 Å². The lowest BCUT2D eigenvalue weighted by molar-refractivity contribution is -0.133. The molecule has 0 aliphatic heterocycles. The molecule has 0 radical (unpaired) electrons. The molecule has 0 unspecified atom stereocenters. The van der Waals surface area contributed by atoms with E-state index in [9.17, 15) is 4.79 Å². The third kappa shape index (κ3) is 2.19. The highest BCUT2D eigenvalue weighted by atomic mass is 32.2. The molecule has 0 aliphatic rings. The van der Waals surface area contributed by atoms with Crippen molar-refractivity contribution in [3.05, 3.63) is 12.4 Å². The summed E-state index contributed by atoms with van der Waals surface area (Å²) < 4.78 is 3.06. The molecule has 0 atom stereocenters. The highest BCUT2D eigenvalue weighted by molar-refractivity contribution is 7.99. The number of carboxylic acids is 1. The van der Waals surface area contributed by atoms with Crippen LogP contribution in [0.5, 0.6) is 0 Å². The van der Waals surface area contributed by atoms with Crippen molar-refractivity contribution in [2.45, 2.75) is 5.16 Å². The van der Waals surface area contributed by atoms with Crippen molar-refractivity contribution in [2.75, 3.05) is 5.75 Å². The van der Waals surface area contributed by atoms with Gasteiger partial charge in [0.2, 0.25) is 5.16 Å². The van der Waals surface area contributed by atoms with Gasteiger partial charge < -0.3 is 5.11 Å². The Kier molecular flexibility index (Phi) is 2.86. The minimum atomic E-state index is -0.911. The van der Waals surface area contributed by atoms with E-state index in [4.69, 9.17) is 5.11 Å². The summed E-state index contributed by atoms with van der Waals surface area (Å²) in [5.74, 6) is -0.994. The summed E-state index contributed by atoms with van der Waals surface area (Å²) in [6.45, 7) is 0. The zero-order valence-electron chi connectivity index (χ0n) is 8.31. The Morgan fingerprint density at radius 1 is 1.62 bits per heavy atom. The summed E-state index contributed by atoms with van der Waals surface area (Å²) in [4.78, 5) is 10.4. The van der Waals surface area contributed by atoms with Crippen molar-refractivity contribution in [1.29, 1.82) is 0 Å². The van der Waals surface area contributed by atoms with Gasteiger partial charge in [-0.2, -0.15) is 9.78 Å². The molecule has 0 saturated heterocycles. The lowest BCUT2D eigenvalue weighted by atomic mass is 10.6. The fraction of sp³-hybridized carbons (Fsp3) is 0.286. The average Bonchev–Trinajstić information content (AvgIpc) is 2.82. The normalized spacial score (nSPS) is 10.6. The van der Waals surface area contributed by atoms with Crippen molar-refractivity contribution in [1.82, 2.24) is 30.0 Å². The van der Waals surface area contributed by atoms with Crippen molar-refractivity contribution in [3.63, 3.8) is 0 Å². The van der Waals surface area contributed by atoms with Gasteiger partial charge in [-0.05, 0) is 10.4 Å². The minimum Gasteiger partial charge on any atom is -0.481 e. The number of nitrogens with zero attached hydrogens (tertiary/aromatic N) is 6. The molecule has 2 heterocycles. The van der Waals surface area contributed by atoms with E-state index >= 15 is 0 Å². The number of aliphatic carboxylic acids is 1. The maximum absolute atomic E-state index is 10.4. The molecule has 2 aromatic rings. The predicted molar refractivity (Wildman–Crippen MR) is 54.3 cm³/mol. The zero-order chi connectivity index (χ0) is 11.5. The Morgan fingerprint density at radius 3 is 3.06 bits per heavy atom. The second-order valence-corrected chi connectivity index (χ2v) is 3.87. The lowest BCUT2D eigenvalue weighted by Crippen LogP contribution is -2.02. The number of thioether (sulfide) groups is 1. The SMILES string of the molecule is Cn1cc(-n2nnnc2SCC(=O)O)cn1.